The fourth-order valence-corrected chi connectivity index (χ4v) is 7.90. The van der Waals surface area contributed by atoms with Crippen molar-refractivity contribution in [2.75, 3.05) is 6.61 Å². The molecule has 2 atom stereocenters. The van der Waals surface area contributed by atoms with Crippen LogP contribution in [0.5, 0.6) is 0 Å². The summed E-state index contributed by atoms with van der Waals surface area (Å²) in [6, 6.07) is 15.3. The number of benzene rings is 1. The maximum absolute atomic E-state index is 6.11. The lowest BCUT2D eigenvalue weighted by Crippen LogP contribution is -2.44. The molecular weight excluding hydrogens is 280 g/mol. The number of ether oxygens (including phenoxy) is 1. The highest BCUT2D eigenvalue weighted by molar-refractivity contribution is 7.26. The topological polar surface area (TPSA) is 9.23 Å². The van der Waals surface area contributed by atoms with Crippen LogP contribution in [0.25, 0.3) is 0 Å². The molecule has 3 heteroatoms. The molecule has 0 spiro atoms. The molecule has 0 unspecified atom stereocenters. The first-order valence-electron chi connectivity index (χ1n) is 7.31. The van der Waals surface area contributed by atoms with E-state index in [1.54, 1.807) is 4.50 Å². The lowest BCUT2D eigenvalue weighted by atomic mass is 10.1. The summed E-state index contributed by atoms with van der Waals surface area (Å²) in [5.74, 6) is 0. The third-order valence-corrected chi connectivity index (χ3v) is 11.1. The third kappa shape index (κ3) is 2.62. The Morgan fingerprint density at radius 1 is 1.10 bits per heavy atom. The van der Waals surface area contributed by atoms with Gasteiger partial charge in [-0.15, -0.1) is 0 Å². The summed E-state index contributed by atoms with van der Waals surface area (Å²) in [6.07, 6.45) is 1.48. The Labute approximate surface area is 126 Å². The summed E-state index contributed by atoms with van der Waals surface area (Å²) in [5, 5.41) is 0. The molecule has 106 valence electrons. The SMILES string of the molecule is Cc1ccc([Si](C)(C)[C@H]2CO[C@@H](c3ccccc3)C2)s1. The minimum absolute atomic E-state index is 0.300. The summed E-state index contributed by atoms with van der Waals surface area (Å²) in [4.78, 5) is 1.43. The Morgan fingerprint density at radius 3 is 2.50 bits per heavy atom. The fourth-order valence-electron chi connectivity index (χ4n) is 3.01. The highest BCUT2D eigenvalue weighted by Gasteiger charge is 2.40. The van der Waals surface area contributed by atoms with Gasteiger partial charge in [-0.05, 0) is 35.0 Å². The van der Waals surface area contributed by atoms with Gasteiger partial charge in [0.2, 0.25) is 0 Å². The standard InChI is InChI=1S/C17H22OSSi/c1-13-9-10-17(19-13)20(2,3)15-11-16(18-12-15)14-7-5-4-6-8-14/h4-10,15-16H,11-12H2,1-3H3/t15-,16-/m1/s1. The number of hydrogen-bond acceptors (Lipinski definition) is 2. The van der Waals surface area contributed by atoms with E-state index in [2.05, 4.69) is 62.5 Å². The minimum atomic E-state index is -1.41. The second-order valence-electron chi connectivity index (χ2n) is 6.30. The summed E-state index contributed by atoms with van der Waals surface area (Å²) in [6.45, 7) is 8.13. The lowest BCUT2D eigenvalue weighted by molar-refractivity contribution is 0.112. The van der Waals surface area contributed by atoms with Crippen molar-refractivity contribution in [3.8, 4) is 0 Å². The van der Waals surface area contributed by atoms with Gasteiger partial charge < -0.3 is 4.74 Å². The summed E-state index contributed by atoms with van der Waals surface area (Å²) < 4.78 is 7.73. The fraction of sp³-hybridized carbons (Fsp3) is 0.412. The quantitative estimate of drug-likeness (QED) is 0.758. The van der Waals surface area contributed by atoms with Crippen molar-refractivity contribution in [1.82, 2.24) is 0 Å². The molecule has 1 aliphatic rings. The van der Waals surface area contributed by atoms with Crippen LogP contribution in [-0.4, -0.2) is 14.7 Å². The highest BCUT2D eigenvalue weighted by atomic mass is 32.1. The van der Waals surface area contributed by atoms with Crippen LogP contribution in [-0.2, 0) is 4.74 Å². The molecule has 0 amide bonds. The molecule has 0 N–H and O–H groups in total. The molecule has 0 aliphatic carbocycles. The Balaban J connectivity index is 1.77. The molecule has 3 rings (SSSR count). The Hall–Kier alpha value is -0.903. The van der Waals surface area contributed by atoms with Gasteiger partial charge in [-0.25, -0.2) is 0 Å². The Morgan fingerprint density at radius 2 is 1.85 bits per heavy atom. The van der Waals surface area contributed by atoms with Gasteiger partial charge in [0.15, 0.2) is 0 Å². The van der Waals surface area contributed by atoms with Crippen molar-refractivity contribution >= 4 is 23.9 Å². The van der Waals surface area contributed by atoms with E-state index < -0.39 is 8.07 Å². The molecule has 0 bridgehead atoms. The van der Waals surface area contributed by atoms with E-state index in [-0.39, 0.29) is 0 Å². The van der Waals surface area contributed by atoms with Crippen molar-refractivity contribution in [3.05, 3.63) is 52.9 Å². The van der Waals surface area contributed by atoms with Gasteiger partial charge in [0, 0.05) is 11.5 Å². The maximum atomic E-state index is 6.11. The van der Waals surface area contributed by atoms with Gasteiger partial charge in [-0.3, -0.25) is 0 Å². The van der Waals surface area contributed by atoms with Gasteiger partial charge in [-0.2, -0.15) is 11.3 Å². The van der Waals surface area contributed by atoms with Crippen molar-refractivity contribution in [2.24, 2.45) is 0 Å². The molecule has 0 radical (unpaired) electrons. The van der Waals surface area contributed by atoms with E-state index in [4.69, 9.17) is 4.74 Å². The minimum Gasteiger partial charge on any atom is -0.374 e. The van der Waals surface area contributed by atoms with Gasteiger partial charge in [0.05, 0.1) is 14.2 Å². The first-order chi connectivity index (χ1) is 9.57. The number of thiophene rings is 1. The maximum Gasteiger partial charge on any atom is 0.0988 e. The number of rotatable bonds is 3. The van der Waals surface area contributed by atoms with Crippen molar-refractivity contribution in [1.29, 1.82) is 0 Å². The molecule has 20 heavy (non-hydrogen) atoms. The Kier molecular flexibility index (Phi) is 3.84. The molecule has 1 aliphatic heterocycles. The van der Waals surface area contributed by atoms with E-state index in [9.17, 15) is 0 Å². The zero-order valence-corrected chi connectivity index (χ0v) is 14.2. The van der Waals surface area contributed by atoms with E-state index in [0.29, 0.717) is 6.10 Å². The van der Waals surface area contributed by atoms with Crippen LogP contribution in [0, 0.1) is 6.92 Å². The summed E-state index contributed by atoms with van der Waals surface area (Å²) >= 11 is 1.98. The van der Waals surface area contributed by atoms with Crippen LogP contribution in [0.4, 0.5) is 0 Å². The van der Waals surface area contributed by atoms with E-state index in [1.165, 1.54) is 16.9 Å². The molecular formula is C17H22OSSi. The smallest absolute Gasteiger partial charge is 0.0988 e. The molecule has 1 fully saturated rings. The number of hydrogen-bond donors (Lipinski definition) is 0. The Bertz CT molecular complexity index is 576. The average molecular weight is 303 g/mol. The first-order valence-corrected chi connectivity index (χ1v) is 11.2. The van der Waals surface area contributed by atoms with Gasteiger partial charge in [0.25, 0.3) is 0 Å². The van der Waals surface area contributed by atoms with Crippen LogP contribution in [0.1, 0.15) is 23.0 Å². The monoisotopic (exact) mass is 302 g/mol. The summed E-state index contributed by atoms with van der Waals surface area (Å²) in [5.41, 5.74) is 2.06. The molecule has 1 aromatic heterocycles. The lowest BCUT2D eigenvalue weighted by Gasteiger charge is -2.27. The largest absolute Gasteiger partial charge is 0.374 e. The van der Waals surface area contributed by atoms with Crippen LogP contribution in [0.2, 0.25) is 18.6 Å². The molecule has 2 heterocycles. The summed E-state index contributed by atoms with van der Waals surface area (Å²) in [7, 11) is -1.41. The second kappa shape index (κ2) is 5.47. The van der Waals surface area contributed by atoms with Crippen LogP contribution < -0.4 is 4.50 Å². The van der Waals surface area contributed by atoms with Crippen LogP contribution in [0.15, 0.2) is 42.5 Å². The normalized spacial score (nSPS) is 23.1. The van der Waals surface area contributed by atoms with Crippen LogP contribution >= 0.6 is 11.3 Å². The zero-order chi connectivity index (χ0) is 14.2. The predicted octanol–water partition coefficient (Wildman–Crippen LogP) is 4.50. The third-order valence-electron chi connectivity index (χ3n) is 4.56. The molecule has 1 aromatic carbocycles. The first kappa shape index (κ1) is 14.1. The van der Waals surface area contributed by atoms with Gasteiger partial charge in [-0.1, -0.05) is 49.5 Å². The van der Waals surface area contributed by atoms with E-state index in [0.717, 1.165) is 12.1 Å². The average Bonchev–Trinajstić information content (AvgIpc) is 3.09. The highest BCUT2D eigenvalue weighted by Crippen LogP contribution is 2.41. The van der Waals surface area contributed by atoms with E-state index >= 15 is 0 Å². The van der Waals surface area contributed by atoms with Crippen molar-refractivity contribution in [3.63, 3.8) is 0 Å². The molecule has 2 aromatic rings. The zero-order valence-electron chi connectivity index (χ0n) is 12.4. The second-order valence-corrected chi connectivity index (χ2v) is 12.7. The van der Waals surface area contributed by atoms with Gasteiger partial charge in [0.1, 0.15) is 0 Å². The van der Waals surface area contributed by atoms with Gasteiger partial charge >= 0.3 is 0 Å². The van der Waals surface area contributed by atoms with E-state index in [1.807, 2.05) is 11.3 Å². The molecule has 1 nitrogen and oxygen atoms in total. The predicted molar refractivity (Wildman–Crippen MR) is 89.7 cm³/mol. The van der Waals surface area contributed by atoms with Crippen LogP contribution in [0.3, 0.4) is 0 Å². The van der Waals surface area contributed by atoms with Crippen molar-refractivity contribution < 1.29 is 4.74 Å². The number of aryl methyl sites for hydroxylation is 1. The molecule has 1 saturated heterocycles. The molecule has 0 saturated carbocycles. The van der Waals surface area contributed by atoms with Crippen molar-refractivity contribution in [2.45, 2.75) is 38.1 Å².